The van der Waals surface area contributed by atoms with Gasteiger partial charge < -0.3 is 20.3 Å². The van der Waals surface area contributed by atoms with Crippen molar-refractivity contribution in [1.29, 1.82) is 0 Å². The molecule has 140 valence electrons. The van der Waals surface area contributed by atoms with Crippen LogP contribution in [0.1, 0.15) is 24.3 Å². The van der Waals surface area contributed by atoms with Crippen LogP contribution in [0.2, 0.25) is 0 Å². The van der Waals surface area contributed by atoms with E-state index >= 15 is 0 Å². The van der Waals surface area contributed by atoms with Crippen LogP contribution in [0.4, 0.5) is 5.69 Å². The minimum atomic E-state index is -0.199. The first kappa shape index (κ1) is 18.2. The van der Waals surface area contributed by atoms with Crippen LogP contribution in [0.15, 0.2) is 30.5 Å². The molecular formula is C18H26N6O2. The standard InChI is InChI=1S/C18H26N6O2/c1-18(2)13-22(17(25)16-12-23(9-8-19)21-20-16)10-11-24(18)14-4-6-15(26-3)7-5-14/h4-7,12H,8-11,13,19H2,1-3H3. The van der Waals surface area contributed by atoms with Gasteiger partial charge >= 0.3 is 0 Å². The van der Waals surface area contributed by atoms with Gasteiger partial charge in [-0.1, -0.05) is 5.21 Å². The van der Waals surface area contributed by atoms with Gasteiger partial charge in [0.05, 0.1) is 25.4 Å². The van der Waals surface area contributed by atoms with Crippen molar-refractivity contribution in [3.63, 3.8) is 0 Å². The van der Waals surface area contributed by atoms with Crippen LogP contribution in [-0.4, -0.2) is 64.6 Å². The van der Waals surface area contributed by atoms with Gasteiger partial charge in [0.1, 0.15) is 5.75 Å². The van der Waals surface area contributed by atoms with Crippen molar-refractivity contribution in [1.82, 2.24) is 19.9 Å². The molecule has 1 saturated heterocycles. The molecule has 2 aromatic rings. The number of nitrogens with two attached hydrogens (primary N) is 1. The second-order valence-corrected chi connectivity index (χ2v) is 7.04. The molecule has 0 atom stereocenters. The zero-order valence-corrected chi connectivity index (χ0v) is 15.6. The molecule has 0 bridgehead atoms. The van der Waals surface area contributed by atoms with Gasteiger partial charge in [-0.3, -0.25) is 9.48 Å². The minimum Gasteiger partial charge on any atom is -0.497 e. The lowest BCUT2D eigenvalue weighted by Crippen LogP contribution is -2.60. The van der Waals surface area contributed by atoms with E-state index in [1.54, 1.807) is 18.0 Å². The van der Waals surface area contributed by atoms with E-state index in [1.165, 1.54) is 0 Å². The monoisotopic (exact) mass is 358 g/mol. The zero-order valence-electron chi connectivity index (χ0n) is 15.6. The summed E-state index contributed by atoms with van der Waals surface area (Å²) in [5.74, 6) is 0.747. The fraction of sp³-hybridized carbons (Fsp3) is 0.500. The van der Waals surface area contributed by atoms with Crippen molar-refractivity contribution in [2.24, 2.45) is 5.73 Å². The molecule has 1 aromatic heterocycles. The van der Waals surface area contributed by atoms with Crippen LogP contribution in [0.25, 0.3) is 0 Å². The van der Waals surface area contributed by atoms with Crippen molar-refractivity contribution < 1.29 is 9.53 Å². The van der Waals surface area contributed by atoms with Gasteiger partial charge in [-0.05, 0) is 38.1 Å². The molecule has 1 fully saturated rings. The van der Waals surface area contributed by atoms with Gasteiger partial charge in [0.15, 0.2) is 5.69 Å². The maximum Gasteiger partial charge on any atom is 0.276 e. The van der Waals surface area contributed by atoms with E-state index in [1.807, 2.05) is 17.0 Å². The minimum absolute atomic E-state index is 0.0873. The van der Waals surface area contributed by atoms with E-state index < -0.39 is 0 Å². The maximum atomic E-state index is 12.8. The Balaban J connectivity index is 1.71. The number of rotatable bonds is 5. The average molecular weight is 358 g/mol. The van der Waals surface area contributed by atoms with Gasteiger partial charge in [-0.25, -0.2) is 0 Å². The zero-order chi connectivity index (χ0) is 18.7. The van der Waals surface area contributed by atoms with E-state index in [0.29, 0.717) is 31.9 Å². The number of amides is 1. The number of aromatic nitrogens is 3. The molecule has 0 saturated carbocycles. The molecule has 0 spiro atoms. The number of carbonyl (C=O) groups is 1. The Morgan fingerprint density at radius 1 is 1.27 bits per heavy atom. The van der Waals surface area contributed by atoms with Crippen LogP contribution in [0, 0.1) is 0 Å². The van der Waals surface area contributed by atoms with E-state index in [0.717, 1.165) is 18.0 Å². The lowest BCUT2D eigenvalue weighted by Gasteiger charge is -2.48. The van der Waals surface area contributed by atoms with E-state index in [2.05, 4.69) is 41.2 Å². The molecule has 1 aliphatic heterocycles. The Bertz CT molecular complexity index is 755. The van der Waals surface area contributed by atoms with Crippen molar-refractivity contribution in [3.8, 4) is 5.75 Å². The molecule has 1 amide bonds. The molecule has 1 aromatic carbocycles. The fourth-order valence-corrected chi connectivity index (χ4v) is 3.37. The second-order valence-electron chi connectivity index (χ2n) is 7.04. The Kier molecular flexibility index (Phi) is 5.13. The number of benzene rings is 1. The number of piperazine rings is 1. The van der Waals surface area contributed by atoms with Crippen LogP contribution >= 0.6 is 0 Å². The molecule has 2 N–H and O–H groups in total. The molecule has 8 heteroatoms. The summed E-state index contributed by atoms with van der Waals surface area (Å²) in [6.07, 6.45) is 1.66. The number of hydrogen-bond acceptors (Lipinski definition) is 6. The molecule has 3 rings (SSSR count). The predicted molar refractivity (Wildman–Crippen MR) is 99.4 cm³/mol. The van der Waals surface area contributed by atoms with Gasteiger partial charge in [0.2, 0.25) is 0 Å². The van der Waals surface area contributed by atoms with Crippen molar-refractivity contribution in [3.05, 3.63) is 36.2 Å². The van der Waals surface area contributed by atoms with Gasteiger partial charge in [-0.15, -0.1) is 5.10 Å². The topological polar surface area (TPSA) is 89.5 Å². The summed E-state index contributed by atoms with van der Waals surface area (Å²) in [4.78, 5) is 16.9. The molecule has 1 aliphatic rings. The van der Waals surface area contributed by atoms with Crippen molar-refractivity contribution in [2.75, 3.05) is 38.2 Å². The summed E-state index contributed by atoms with van der Waals surface area (Å²) in [5, 5.41) is 7.95. The molecular weight excluding hydrogens is 332 g/mol. The van der Waals surface area contributed by atoms with Crippen LogP contribution < -0.4 is 15.4 Å². The highest BCUT2D eigenvalue weighted by molar-refractivity contribution is 5.92. The molecule has 26 heavy (non-hydrogen) atoms. The normalized spacial score (nSPS) is 16.6. The summed E-state index contributed by atoms with van der Waals surface area (Å²) in [6.45, 7) is 7.30. The highest BCUT2D eigenvalue weighted by Crippen LogP contribution is 2.29. The number of anilines is 1. The molecule has 2 heterocycles. The maximum absolute atomic E-state index is 12.8. The van der Waals surface area contributed by atoms with Gasteiger partial charge in [-0.2, -0.15) is 0 Å². The van der Waals surface area contributed by atoms with Crippen molar-refractivity contribution in [2.45, 2.75) is 25.9 Å². The summed E-state index contributed by atoms with van der Waals surface area (Å²) in [6, 6.07) is 8.02. The highest BCUT2D eigenvalue weighted by Gasteiger charge is 2.36. The molecule has 0 aliphatic carbocycles. The Hall–Kier alpha value is -2.61. The SMILES string of the molecule is COc1ccc(N2CCN(C(=O)c3cn(CCN)nn3)CC2(C)C)cc1. The molecule has 0 radical (unpaired) electrons. The van der Waals surface area contributed by atoms with Gasteiger partial charge in [0.25, 0.3) is 5.91 Å². The van der Waals surface area contributed by atoms with Crippen molar-refractivity contribution >= 4 is 11.6 Å². The quantitative estimate of drug-likeness (QED) is 0.857. The molecule has 8 nitrogen and oxygen atoms in total. The largest absolute Gasteiger partial charge is 0.497 e. The number of ether oxygens (including phenoxy) is 1. The number of hydrogen-bond donors (Lipinski definition) is 1. The second kappa shape index (κ2) is 7.33. The summed E-state index contributed by atoms with van der Waals surface area (Å²) < 4.78 is 6.83. The van der Waals surface area contributed by atoms with Gasteiger partial charge in [0, 0.05) is 31.9 Å². The average Bonchev–Trinajstić information content (AvgIpc) is 3.09. The van der Waals surface area contributed by atoms with Crippen LogP contribution in [0.5, 0.6) is 5.75 Å². The van der Waals surface area contributed by atoms with E-state index in [4.69, 9.17) is 10.5 Å². The first-order chi connectivity index (χ1) is 12.4. The van der Waals surface area contributed by atoms with E-state index in [-0.39, 0.29) is 11.4 Å². The lowest BCUT2D eigenvalue weighted by atomic mass is 9.97. The molecule has 0 unspecified atom stereocenters. The smallest absolute Gasteiger partial charge is 0.276 e. The number of methoxy groups -OCH3 is 1. The third-order valence-electron chi connectivity index (χ3n) is 4.69. The predicted octanol–water partition coefficient (Wildman–Crippen LogP) is 0.986. The first-order valence-electron chi connectivity index (χ1n) is 8.76. The lowest BCUT2D eigenvalue weighted by molar-refractivity contribution is 0.0680. The third-order valence-corrected chi connectivity index (χ3v) is 4.69. The van der Waals surface area contributed by atoms with Crippen LogP contribution in [-0.2, 0) is 6.54 Å². The highest BCUT2D eigenvalue weighted by atomic mass is 16.5. The summed E-state index contributed by atoms with van der Waals surface area (Å²) in [5.41, 5.74) is 6.81. The Morgan fingerprint density at radius 2 is 2.00 bits per heavy atom. The third kappa shape index (κ3) is 3.65. The fourth-order valence-electron chi connectivity index (χ4n) is 3.37. The summed E-state index contributed by atoms with van der Waals surface area (Å²) >= 11 is 0. The number of nitrogens with zero attached hydrogens (tertiary/aromatic N) is 5. The first-order valence-corrected chi connectivity index (χ1v) is 8.76. The summed E-state index contributed by atoms with van der Waals surface area (Å²) in [7, 11) is 1.66. The number of carbonyl (C=O) groups excluding carboxylic acids is 1. The van der Waals surface area contributed by atoms with E-state index in [9.17, 15) is 4.79 Å². The Labute approximate surface area is 153 Å². The Morgan fingerprint density at radius 3 is 2.62 bits per heavy atom. The van der Waals surface area contributed by atoms with Crippen LogP contribution in [0.3, 0.4) is 0 Å².